The number of halogens is 2. The lowest BCUT2D eigenvalue weighted by molar-refractivity contribution is 0.0168. The zero-order chi connectivity index (χ0) is 18.1. The van der Waals surface area contributed by atoms with Crippen molar-refractivity contribution in [3.8, 4) is 0 Å². The summed E-state index contributed by atoms with van der Waals surface area (Å²) in [5.74, 6) is 0.734. The molecule has 1 fully saturated rings. The zero-order valence-electron chi connectivity index (χ0n) is 14.9. The Labute approximate surface area is 160 Å². The van der Waals surface area contributed by atoms with Crippen LogP contribution in [0.25, 0.3) is 0 Å². The molecule has 1 saturated heterocycles. The van der Waals surface area contributed by atoms with E-state index < -0.39 is 0 Å². The summed E-state index contributed by atoms with van der Waals surface area (Å²) in [7, 11) is 1.75. The first kappa shape index (κ1) is 20.3. The van der Waals surface area contributed by atoms with Crippen molar-refractivity contribution in [3.05, 3.63) is 33.8 Å². The Morgan fingerprint density at radius 1 is 1.44 bits per heavy atom. The van der Waals surface area contributed by atoms with E-state index in [-0.39, 0.29) is 12.1 Å². The fraction of sp³-hybridized carbons (Fsp3) is 0.611. The lowest BCUT2D eigenvalue weighted by atomic mass is 10.1. The minimum absolute atomic E-state index is 0.0201. The summed E-state index contributed by atoms with van der Waals surface area (Å²) in [4.78, 5) is 4.25. The summed E-state index contributed by atoms with van der Waals surface area (Å²) >= 11 is 12.2. The molecule has 5 nitrogen and oxygen atoms in total. The van der Waals surface area contributed by atoms with Crippen LogP contribution in [0.4, 0.5) is 0 Å². The Hall–Kier alpha value is -1.01. The van der Waals surface area contributed by atoms with Crippen molar-refractivity contribution in [2.24, 2.45) is 4.99 Å². The number of rotatable bonds is 8. The van der Waals surface area contributed by atoms with Gasteiger partial charge in [0.05, 0.1) is 18.8 Å². The van der Waals surface area contributed by atoms with Gasteiger partial charge >= 0.3 is 0 Å². The fourth-order valence-corrected chi connectivity index (χ4v) is 3.27. The summed E-state index contributed by atoms with van der Waals surface area (Å²) in [6.07, 6.45) is 3.45. The van der Waals surface area contributed by atoms with Gasteiger partial charge in [0.2, 0.25) is 0 Å². The van der Waals surface area contributed by atoms with Crippen LogP contribution in [0.5, 0.6) is 0 Å². The Bertz CT molecular complexity index is 563. The average Bonchev–Trinajstić information content (AvgIpc) is 3.10. The number of nitrogens with zero attached hydrogens (tertiary/aromatic N) is 1. The molecule has 2 unspecified atom stereocenters. The van der Waals surface area contributed by atoms with Crippen LogP contribution in [0.2, 0.25) is 10.0 Å². The Balaban J connectivity index is 1.65. The number of aliphatic imine (C=N–C) groups is 1. The zero-order valence-corrected chi connectivity index (χ0v) is 16.4. The van der Waals surface area contributed by atoms with E-state index in [9.17, 15) is 0 Å². The standard InChI is InChI=1S/C18H27Cl2N3O2/c1-13(16-7-6-14(19)11-17(16)20)23-18(21-2)22-8-4-9-24-12-15-5-3-10-25-15/h6-7,11,13,15H,3-5,8-10,12H2,1-2H3,(H2,21,22,23). The largest absolute Gasteiger partial charge is 0.379 e. The Kier molecular flexibility index (Phi) is 8.82. The molecule has 2 atom stereocenters. The molecule has 0 saturated carbocycles. The van der Waals surface area contributed by atoms with E-state index in [2.05, 4.69) is 15.6 Å². The monoisotopic (exact) mass is 387 g/mol. The third-order valence-corrected chi connectivity index (χ3v) is 4.65. The molecule has 1 heterocycles. The molecule has 0 amide bonds. The number of hydrogen-bond donors (Lipinski definition) is 2. The molecule has 2 N–H and O–H groups in total. The molecule has 0 aliphatic carbocycles. The lowest BCUT2D eigenvalue weighted by Crippen LogP contribution is -2.39. The first-order valence-corrected chi connectivity index (χ1v) is 9.47. The highest BCUT2D eigenvalue weighted by atomic mass is 35.5. The van der Waals surface area contributed by atoms with Crippen molar-refractivity contribution >= 4 is 29.2 Å². The van der Waals surface area contributed by atoms with Crippen molar-refractivity contribution in [2.45, 2.75) is 38.3 Å². The molecule has 25 heavy (non-hydrogen) atoms. The Morgan fingerprint density at radius 2 is 2.28 bits per heavy atom. The molecule has 0 aromatic heterocycles. The maximum atomic E-state index is 6.25. The fourth-order valence-electron chi connectivity index (χ4n) is 2.70. The molecular weight excluding hydrogens is 361 g/mol. The minimum Gasteiger partial charge on any atom is -0.379 e. The molecular formula is C18H27Cl2N3O2. The van der Waals surface area contributed by atoms with Gasteiger partial charge in [-0.3, -0.25) is 4.99 Å². The van der Waals surface area contributed by atoms with Crippen LogP contribution in [0.15, 0.2) is 23.2 Å². The van der Waals surface area contributed by atoms with Crippen LogP contribution in [0, 0.1) is 0 Å². The molecule has 1 aromatic rings. The van der Waals surface area contributed by atoms with Crippen molar-refractivity contribution < 1.29 is 9.47 Å². The molecule has 1 aliphatic rings. The summed E-state index contributed by atoms with van der Waals surface area (Å²) < 4.78 is 11.2. The Morgan fingerprint density at radius 3 is 2.96 bits per heavy atom. The summed E-state index contributed by atoms with van der Waals surface area (Å²) in [5.41, 5.74) is 0.980. The maximum Gasteiger partial charge on any atom is 0.191 e. The first-order valence-electron chi connectivity index (χ1n) is 8.71. The van der Waals surface area contributed by atoms with Crippen molar-refractivity contribution in [1.82, 2.24) is 10.6 Å². The van der Waals surface area contributed by atoms with Gasteiger partial charge in [-0.25, -0.2) is 0 Å². The van der Waals surface area contributed by atoms with Crippen molar-refractivity contribution in [1.29, 1.82) is 0 Å². The molecule has 0 radical (unpaired) electrons. The van der Waals surface area contributed by atoms with E-state index in [1.807, 2.05) is 19.1 Å². The van der Waals surface area contributed by atoms with Crippen LogP contribution in [-0.4, -0.2) is 45.5 Å². The van der Waals surface area contributed by atoms with Gasteiger partial charge in [-0.05, 0) is 43.9 Å². The van der Waals surface area contributed by atoms with Crippen LogP contribution in [0.3, 0.4) is 0 Å². The second-order valence-corrected chi connectivity index (χ2v) is 6.94. The van der Waals surface area contributed by atoms with Gasteiger partial charge in [0.15, 0.2) is 5.96 Å². The van der Waals surface area contributed by atoms with Gasteiger partial charge in [0.1, 0.15) is 0 Å². The van der Waals surface area contributed by atoms with Gasteiger partial charge in [-0.1, -0.05) is 29.3 Å². The number of guanidine groups is 1. The quantitative estimate of drug-likeness (QED) is 0.404. The molecule has 0 spiro atoms. The van der Waals surface area contributed by atoms with Crippen LogP contribution >= 0.6 is 23.2 Å². The molecule has 140 valence electrons. The second-order valence-electron chi connectivity index (χ2n) is 6.09. The van der Waals surface area contributed by atoms with Gasteiger partial charge in [-0.2, -0.15) is 0 Å². The number of nitrogens with one attached hydrogen (secondary N) is 2. The smallest absolute Gasteiger partial charge is 0.191 e. The minimum atomic E-state index is 0.0201. The van der Waals surface area contributed by atoms with Crippen LogP contribution in [-0.2, 0) is 9.47 Å². The number of ether oxygens (including phenoxy) is 2. The normalized spacial score (nSPS) is 19.0. The predicted molar refractivity (Wildman–Crippen MR) is 104 cm³/mol. The summed E-state index contributed by atoms with van der Waals surface area (Å²) in [5, 5.41) is 7.89. The van der Waals surface area contributed by atoms with E-state index in [4.69, 9.17) is 32.7 Å². The maximum absolute atomic E-state index is 6.25. The average molecular weight is 388 g/mol. The van der Waals surface area contributed by atoms with E-state index in [1.165, 1.54) is 0 Å². The summed E-state index contributed by atoms with van der Waals surface area (Å²) in [6.45, 7) is 5.09. The topological polar surface area (TPSA) is 54.9 Å². The van der Waals surface area contributed by atoms with Gasteiger partial charge in [-0.15, -0.1) is 0 Å². The van der Waals surface area contributed by atoms with Gasteiger partial charge in [0, 0.05) is 36.9 Å². The molecule has 0 bridgehead atoms. The lowest BCUT2D eigenvalue weighted by Gasteiger charge is -2.19. The van der Waals surface area contributed by atoms with E-state index in [0.29, 0.717) is 23.3 Å². The second kappa shape index (κ2) is 10.9. The summed E-state index contributed by atoms with van der Waals surface area (Å²) in [6, 6.07) is 5.53. The predicted octanol–water partition coefficient (Wildman–Crippen LogP) is 3.81. The SMILES string of the molecule is CN=C(NCCCOCC1CCCO1)NC(C)c1ccc(Cl)cc1Cl. The van der Waals surface area contributed by atoms with Crippen LogP contribution < -0.4 is 10.6 Å². The third kappa shape index (κ3) is 7.02. The van der Waals surface area contributed by atoms with Gasteiger partial charge < -0.3 is 20.1 Å². The van der Waals surface area contributed by atoms with E-state index >= 15 is 0 Å². The number of benzene rings is 1. The molecule has 1 aromatic carbocycles. The van der Waals surface area contributed by atoms with Crippen molar-refractivity contribution in [2.75, 3.05) is 33.4 Å². The third-order valence-electron chi connectivity index (χ3n) is 4.09. The molecule has 2 rings (SSSR count). The highest BCUT2D eigenvalue weighted by Crippen LogP contribution is 2.25. The van der Waals surface area contributed by atoms with Crippen LogP contribution in [0.1, 0.15) is 37.8 Å². The van der Waals surface area contributed by atoms with E-state index in [0.717, 1.165) is 43.9 Å². The van der Waals surface area contributed by atoms with Crippen molar-refractivity contribution in [3.63, 3.8) is 0 Å². The number of hydrogen-bond acceptors (Lipinski definition) is 3. The molecule has 1 aliphatic heterocycles. The molecule has 7 heteroatoms. The highest BCUT2D eigenvalue weighted by molar-refractivity contribution is 6.35. The van der Waals surface area contributed by atoms with E-state index in [1.54, 1.807) is 13.1 Å². The van der Waals surface area contributed by atoms with Gasteiger partial charge in [0.25, 0.3) is 0 Å². The highest BCUT2D eigenvalue weighted by Gasteiger charge is 2.15. The first-order chi connectivity index (χ1) is 12.1.